The van der Waals surface area contributed by atoms with E-state index in [4.69, 9.17) is 0 Å². The van der Waals surface area contributed by atoms with E-state index in [1.54, 1.807) is 31.3 Å². The van der Waals surface area contributed by atoms with Crippen LogP contribution in [0.3, 0.4) is 0 Å². The first kappa shape index (κ1) is 13.6. The van der Waals surface area contributed by atoms with Gasteiger partial charge in [0.05, 0.1) is 0 Å². The molecule has 0 saturated heterocycles. The van der Waals surface area contributed by atoms with Crippen molar-refractivity contribution in [1.29, 1.82) is 0 Å². The summed E-state index contributed by atoms with van der Waals surface area (Å²) < 4.78 is 0. The van der Waals surface area contributed by atoms with Gasteiger partial charge in [-0.2, -0.15) is 0 Å². The first-order chi connectivity index (χ1) is 10.2. The number of aryl methyl sites for hydroxylation is 2. The second-order valence-electron chi connectivity index (χ2n) is 5.43. The van der Waals surface area contributed by atoms with Crippen LogP contribution in [0.25, 0.3) is 0 Å². The minimum absolute atomic E-state index is 0.0324. The molecule has 0 saturated carbocycles. The minimum atomic E-state index is 0.0324. The Balaban J connectivity index is 1.86. The van der Waals surface area contributed by atoms with E-state index in [2.05, 4.69) is 6.07 Å². The zero-order valence-corrected chi connectivity index (χ0v) is 12.0. The standard InChI is InChI=1S/C18H17NO2/c1-19(12-20)17-9-7-14(8-10-17)18(21)16-6-5-13-3-2-4-15(13)11-16/h5-12H,2-4H2,1H3. The first-order valence-electron chi connectivity index (χ1n) is 7.14. The number of rotatable bonds is 4. The summed E-state index contributed by atoms with van der Waals surface area (Å²) in [5.74, 6) is 0.0324. The Bertz CT molecular complexity index is 689. The van der Waals surface area contributed by atoms with E-state index in [1.165, 1.54) is 22.4 Å². The Labute approximate surface area is 124 Å². The van der Waals surface area contributed by atoms with Crippen molar-refractivity contribution in [3.8, 4) is 0 Å². The molecule has 106 valence electrons. The van der Waals surface area contributed by atoms with Crippen molar-refractivity contribution < 1.29 is 9.59 Å². The Hall–Kier alpha value is -2.42. The smallest absolute Gasteiger partial charge is 0.213 e. The fraction of sp³-hybridized carbons (Fsp3) is 0.222. The third-order valence-electron chi connectivity index (χ3n) is 4.06. The number of amides is 1. The van der Waals surface area contributed by atoms with Gasteiger partial charge in [-0.15, -0.1) is 0 Å². The topological polar surface area (TPSA) is 37.4 Å². The monoisotopic (exact) mass is 279 g/mol. The molecule has 0 fully saturated rings. The van der Waals surface area contributed by atoms with Crippen molar-refractivity contribution in [1.82, 2.24) is 0 Å². The number of anilines is 1. The van der Waals surface area contributed by atoms with Crippen LogP contribution in [0.5, 0.6) is 0 Å². The minimum Gasteiger partial charge on any atom is -0.318 e. The van der Waals surface area contributed by atoms with Crippen LogP contribution >= 0.6 is 0 Å². The summed E-state index contributed by atoms with van der Waals surface area (Å²) in [7, 11) is 1.68. The van der Waals surface area contributed by atoms with Crippen molar-refractivity contribution in [3.63, 3.8) is 0 Å². The van der Waals surface area contributed by atoms with Crippen molar-refractivity contribution in [2.45, 2.75) is 19.3 Å². The molecule has 2 aromatic carbocycles. The Kier molecular flexibility index (Phi) is 3.57. The van der Waals surface area contributed by atoms with Crippen molar-refractivity contribution in [3.05, 3.63) is 64.7 Å². The van der Waals surface area contributed by atoms with E-state index in [9.17, 15) is 9.59 Å². The normalized spacial score (nSPS) is 12.8. The first-order valence-corrected chi connectivity index (χ1v) is 7.14. The summed E-state index contributed by atoms with van der Waals surface area (Å²) in [5, 5.41) is 0. The highest BCUT2D eigenvalue weighted by Crippen LogP contribution is 2.24. The van der Waals surface area contributed by atoms with E-state index in [0.717, 1.165) is 30.5 Å². The Morgan fingerprint density at radius 1 is 1.00 bits per heavy atom. The average molecular weight is 279 g/mol. The summed E-state index contributed by atoms with van der Waals surface area (Å²) in [6.07, 6.45) is 4.12. The van der Waals surface area contributed by atoms with Gasteiger partial charge in [0.25, 0.3) is 0 Å². The molecule has 0 heterocycles. The predicted octanol–water partition coefficient (Wildman–Crippen LogP) is 3.00. The van der Waals surface area contributed by atoms with E-state index in [1.807, 2.05) is 12.1 Å². The summed E-state index contributed by atoms with van der Waals surface area (Å²) in [6, 6.07) is 13.1. The lowest BCUT2D eigenvalue weighted by atomic mass is 9.99. The second kappa shape index (κ2) is 5.52. The molecule has 1 amide bonds. The zero-order chi connectivity index (χ0) is 14.8. The Morgan fingerprint density at radius 3 is 2.38 bits per heavy atom. The quantitative estimate of drug-likeness (QED) is 0.637. The third-order valence-corrected chi connectivity index (χ3v) is 4.06. The number of ketones is 1. The van der Waals surface area contributed by atoms with Crippen LogP contribution in [0.1, 0.15) is 33.5 Å². The van der Waals surface area contributed by atoms with Gasteiger partial charge in [-0.05, 0) is 60.7 Å². The highest BCUT2D eigenvalue weighted by atomic mass is 16.1. The predicted molar refractivity (Wildman–Crippen MR) is 82.8 cm³/mol. The summed E-state index contributed by atoms with van der Waals surface area (Å²) in [4.78, 5) is 24.7. The van der Waals surface area contributed by atoms with Crippen LogP contribution in [0.15, 0.2) is 42.5 Å². The number of fused-ring (bicyclic) bond motifs is 1. The fourth-order valence-corrected chi connectivity index (χ4v) is 2.79. The summed E-state index contributed by atoms with van der Waals surface area (Å²) in [6.45, 7) is 0. The van der Waals surface area contributed by atoms with Gasteiger partial charge in [0.2, 0.25) is 6.41 Å². The number of hydrogen-bond acceptors (Lipinski definition) is 2. The average Bonchev–Trinajstić information content (AvgIpc) is 3.01. The molecule has 0 atom stereocenters. The van der Waals surface area contributed by atoms with Crippen LogP contribution in [-0.4, -0.2) is 19.2 Å². The molecule has 0 spiro atoms. The van der Waals surface area contributed by atoms with E-state index in [0.29, 0.717) is 5.56 Å². The molecule has 0 radical (unpaired) electrons. The van der Waals surface area contributed by atoms with Crippen LogP contribution in [0, 0.1) is 0 Å². The number of carbonyl (C=O) groups excluding carboxylic acids is 2. The van der Waals surface area contributed by atoms with Crippen LogP contribution in [0.2, 0.25) is 0 Å². The molecule has 1 aliphatic carbocycles. The van der Waals surface area contributed by atoms with Gasteiger partial charge >= 0.3 is 0 Å². The SMILES string of the molecule is CN(C=O)c1ccc(C(=O)c2ccc3c(c2)CCC3)cc1. The molecule has 2 aromatic rings. The van der Waals surface area contributed by atoms with Gasteiger partial charge in [0.15, 0.2) is 5.78 Å². The largest absolute Gasteiger partial charge is 0.318 e. The van der Waals surface area contributed by atoms with Gasteiger partial charge in [-0.25, -0.2) is 0 Å². The van der Waals surface area contributed by atoms with Crippen molar-refractivity contribution in [2.75, 3.05) is 11.9 Å². The molecule has 0 unspecified atom stereocenters. The molecule has 3 rings (SSSR count). The van der Waals surface area contributed by atoms with E-state index in [-0.39, 0.29) is 5.78 Å². The Morgan fingerprint density at radius 2 is 1.67 bits per heavy atom. The molecule has 21 heavy (non-hydrogen) atoms. The zero-order valence-electron chi connectivity index (χ0n) is 12.0. The van der Waals surface area contributed by atoms with E-state index >= 15 is 0 Å². The van der Waals surface area contributed by atoms with Crippen LogP contribution in [-0.2, 0) is 17.6 Å². The lowest BCUT2D eigenvalue weighted by Crippen LogP contribution is -2.13. The molecule has 0 bridgehead atoms. The lowest BCUT2D eigenvalue weighted by molar-refractivity contribution is -0.107. The lowest BCUT2D eigenvalue weighted by Gasteiger charge is -2.11. The number of hydrogen-bond donors (Lipinski definition) is 0. The second-order valence-corrected chi connectivity index (χ2v) is 5.43. The maximum absolute atomic E-state index is 12.5. The van der Waals surface area contributed by atoms with Gasteiger partial charge in [-0.1, -0.05) is 12.1 Å². The van der Waals surface area contributed by atoms with Gasteiger partial charge in [0, 0.05) is 23.9 Å². The van der Waals surface area contributed by atoms with Crippen LogP contribution < -0.4 is 4.90 Å². The van der Waals surface area contributed by atoms with Gasteiger partial charge in [-0.3, -0.25) is 9.59 Å². The summed E-state index contributed by atoms with van der Waals surface area (Å²) >= 11 is 0. The number of carbonyl (C=O) groups is 2. The maximum Gasteiger partial charge on any atom is 0.213 e. The molecular weight excluding hydrogens is 262 g/mol. The highest BCUT2D eigenvalue weighted by molar-refractivity contribution is 6.09. The van der Waals surface area contributed by atoms with Gasteiger partial charge < -0.3 is 4.90 Å². The van der Waals surface area contributed by atoms with Crippen molar-refractivity contribution >= 4 is 17.9 Å². The molecule has 0 aliphatic heterocycles. The molecule has 0 aromatic heterocycles. The number of benzene rings is 2. The maximum atomic E-state index is 12.5. The fourth-order valence-electron chi connectivity index (χ4n) is 2.79. The molecule has 1 aliphatic rings. The summed E-state index contributed by atoms with van der Waals surface area (Å²) in [5.41, 5.74) is 4.84. The van der Waals surface area contributed by atoms with Crippen molar-refractivity contribution in [2.24, 2.45) is 0 Å². The van der Waals surface area contributed by atoms with E-state index < -0.39 is 0 Å². The molecule has 3 nitrogen and oxygen atoms in total. The molecule has 3 heteroatoms. The van der Waals surface area contributed by atoms with Crippen LogP contribution in [0.4, 0.5) is 5.69 Å². The third kappa shape index (κ3) is 2.59. The highest BCUT2D eigenvalue weighted by Gasteiger charge is 2.15. The number of nitrogens with zero attached hydrogens (tertiary/aromatic N) is 1. The molecule has 0 N–H and O–H groups in total. The van der Waals surface area contributed by atoms with Gasteiger partial charge in [0.1, 0.15) is 0 Å². The molecular formula is C18H17NO2.